The Labute approximate surface area is 118 Å². The molecule has 1 saturated heterocycles. The molecule has 1 aliphatic heterocycles. The first-order valence-electron chi connectivity index (χ1n) is 6.96. The molecule has 0 aromatic carbocycles. The number of rotatable bonds is 3. The molecule has 1 unspecified atom stereocenters. The molecule has 106 valence electrons. The van der Waals surface area contributed by atoms with Gasteiger partial charge < -0.3 is 10.2 Å². The highest BCUT2D eigenvalue weighted by molar-refractivity contribution is 5.86. The average molecular weight is 273 g/mol. The van der Waals surface area contributed by atoms with Crippen molar-refractivity contribution in [3.05, 3.63) is 16.8 Å². The predicted molar refractivity (Wildman–Crippen MR) is 75.3 cm³/mol. The van der Waals surface area contributed by atoms with Crippen molar-refractivity contribution in [1.82, 2.24) is 15.5 Å². The molecule has 2 heterocycles. The maximum atomic E-state index is 11.8. The molecule has 0 radical (unpaired) electrons. The zero-order chi connectivity index (χ0) is 14.7. The van der Waals surface area contributed by atoms with E-state index in [0.717, 1.165) is 24.1 Å². The van der Waals surface area contributed by atoms with Gasteiger partial charge in [-0.1, -0.05) is 13.8 Å². The number of hydrogen-bond acceptors (Lipinski definition) is 5. The number of carbonyl (C=O) groups is 1. The lowest BCUT2D eigenvalue weighted by atomic mass is 10.0. The summed E-state index contributed by atoms with van der Waals surface area (Å²) in [6, 6.07) is 1.92. The fourth-order valence-electron chi connectivity index (χ4n) is 2.55. The molecule has 1 aromatic rings. The first-order valence-corrected chi connectivity index (χ1v) is 6.96. The second-order valence-corrected chi connectivity index (χ2v) is 4.80. The predicted octanol–water partition coefficient (Wildman–Crippen LogP) is 0.798. The molecule has 1 atom stereocenters. The van der Waals surface area contributed by atoms with Crippen LogP contribution >= 0.6 is 0 Å². The Kier molecular flexibility index (Phi) is 4.18. The van der Waals surface area contributed by atoms with E-state index in [0.29, 0.717) is 24.5 Å². The van der Waals surface area contributed by atoms with Gasteiger partial charge in [-0.25, -0.2) is 0 Å². The molecular weight excluding hydrogens is 254 g/mol. The number of hydrogen-bond donors (Lipinski definition) is 1. The van der Waals surface area contributed by atoms with Crippen LogP contribution in [0.3, 0.4) is 0 Å². The molecule has 0 saturated carbocycles. The molecule has 1 aliphatic rings. The zero-order valence-corrected chi connectivity index (χ0v) is 12.1. The van der Waals surface area contributed by atoms with Gasteiger partial charge in [0.05, 0.1) is 5.69 Å². The zero-order valence-electron chi connectivity index (χ0n) is 12.1. The highest BCUT2D eigenvalue weighted by Crippen LogP contribution is 2.25. The fraction of sp³-hybridized carbons (Fsp3) is 0.571. The Morgan fingerprint density at radius 3 is 2.75 bits per heavy atom. The first-order chi connectivity index (χ1) is 9.63. The second-order valence-electron chi connectivity index (χ2n) is 4.80. The van der Waals surface area contributed by atoms with Crippen LogP contribution in [0.15, 0.2) is 0 Å². The second kappa shape index (κ2) is 5.87. The van der Waals surface area contributed by atoms with E-state index in [-0.39, 0.29) is 11.9 Å². The molecule has 20 heavy (non-hydrogen) atoms. The Morgan fingerprint density at radius 2 is 2.15 bits per heavy atom. The smallest absolute Gasteiger partial charge is 0.242 e. The minimum Gasteiger partial charge on any atom is -0.353 e. The van der Waals surface area contributed by atoms with Gasteiger partial charge in [0.1, 0.15) is 17.7 Å². The van der Waals surface area contributed by atoms with Crippen molar-refractivity contribution in [2.75, 3.05) is 18.0 Å². The molecule has 2 rings (SSSR count). The lowest BCUT2D eigenvalue weighted by molar-refractivity contribution is -0.122. The molecule has 6 heteroatoms. The number of piperazine rings is 1. The summed E-state index contributed by atoms with van der Waals surface area (Å²) in [5, 5.41) is 20.7. The van der Waals surface area contributed by atoms with Gasteiger partial charge in [-0.3, -0.25) is 4.79 Å². The Hall–Kier alpha value is -2.16. The number of nitriles is 1. The van der Waals surface area contributed by atoms with Crippen LogP contribution in [-0.4, -0.2) is 35.2 Å². The van der Waals surface area contributed by atoms with Gasteiger partial charge in [-0.15, -0.1) is 5.10 Å². The summed E-state index contributed by atoms with van der Waals surface area (Å²) in [6.07, 6.45) is 1.49. The molecule has 1 N–H and O–H groups in total. The lowest BCUT2D eigenvalue weighted by Gasteiger charge is -2.34. The Morgan fingerprint density at radius 1 is 1.40 bits per heavy atom. The Bertz CT molecular complexity index is 563. The highest BCUT2D eigenvalue weighted by atomic mass is 16.2. The minimum absolute atomic E-state index is 0.0421. The molecule has 1 amide bonds. The fourth-order valence-corrected chi connectivity index (χ4v) is 2.55. The molecule has 0 spiro atoms. The standard InChI is InChI=1S/C14H19N5O/c1-4-10-11(8-15)13(18-17-12(10)5-2)19-7-6-16-14(20)9(19)3/h9H,4-7H2,1-3H3,(H,16,20). The summed E-state index contributed by atoms with van der Waals surface area (Å²) < 4.78 is 0. The van der Waals surface area contributed by atoms with Crippen molar-refractivity contribution in [3.8, 4) is 6.07 Å². The van der Waals surface area contributed by atoms with Crippen LogP contribution in [0, 0.1) is 11.3 Å². The normalized spacial score (nSPS) is 18.6. The van der Waals surface area contributed by atoms with E-state index >= 15 is 0 Å². The minimum atomic E-state index is -0.331. The van der Waals surface area contributed by atoms with Gasteiger partial charge in [0.15, 0.2) is 5.82 Å². The molecule has 0 bridgehead atoms. The maximum Gasteiger partial charge on any atom is 0.242 e. The van der Waals surface area contributed by atoms with E-state index in [1.807, 2.05) is 25.7 Å². The van der Waals surface area contributed by atoms with E-state index in [1.54, 1.807) is 0 Å². The van der Waals surface area contributed by atoms with E-state index < -0.39 is 0 Å². The van der Waals surface area contributed by atoms with Crippen LogP contribution in [0.4, 0.5) is 5.82 Å². The molecule has 6 nitrogen and oxygen atoms in total. The van der Waals surface area contributed by atoms with Crippen LogP contribution in [0.25, 0.3) is 0 Å². The summed E-state index contributed by atoms with van der Waals surface area (Å²) >= 11 is 0. The lowest BCUT2D eigenvalue weighted by Crippen LogP contribution is -2.54. The topological polar surface area (TPSA) is 81.9 Å². The van der Waals surface area contributed by atoms with Crippen molar-refractivity contribution in [2.24, 2.45) is 0 Å². The van der Waals surface area contributed by atoms with Crippen molar-refractivity contribution in [3.63, 3.8) is 0 Å². The van der Waals surface area contributed by atoms with Crippen molar-refractivity contribution in [2.45, 2.75) is 39.7 Å². The van der Waals surface area contributed by atoms with E-state index in [9.17, 15) is 10.1 Å². The number of anilines is 1. The van der Waals surface area contributed by atoms with Crippen molar-refractivity contribution >= 4 is 11.7 Å². The third-order valence-corrected chi connectivity index (χ3v) is 3.71. The van der Waals surface area contributed by atoms with Gasteiger partial charge in [-0.2, -0.15) is 10.4 Å². The van der Waals surface area contributed by atoms with Crippen molar-refractivity contribution in [1.29, 1.82) is 5.26 Å². The maximum absolute atomic E-state index is 11.8. The van der Waals surface area contributed by atoms with Crippen LogP contribution in [0.5, 0.6) is 0 Å². The third-order valence-electron chi connectivity index (χ3n) is 3.71. The van der Waals surface area contributed by atoms with Crippen LogP contribution in [-0.2, 0) is 17.6 Å². The number of aromatic nitrogens is 2. The van der Waals surface area contributed by atoms with Gasteiger partial charge in [-0.05, 0) is 25.3 Å². The highest BCUT2D eigenvalue weighted by Gasteiger charge is 2.29. The number of nitrogens with one attached hydrogen (secondary N) is 1. The molecule has 1 fully saturated rings. The number of amides is 1. The third kappa shape index (κ3) is 2.31. The van der Waals surface area contributed by atoms with Crippen LogP contribution in [0.1, 0.15) is 37.6 Å². The van der Waals surface area contributed by atoms with Crippen LogP contribution < -0.4 is 10.2 Å². The first kappa shape index (κ1) is 14.3. The van der Waals surface area contributed by atoms with Crippen LogP contribution in [0.2, 0.25) is 0 Å². The quantitative estimate of drug-likeness (QED) is 0.880. The number of nitrogens with zero attached hydrogens (tertiary/aromatic N) is 4. The summed E-state index contributed by atoms with van der Waals surface area (Å²) in [5.74, 6) is 0.489. The molecule has 0 aliphatic carbocycles. The SMILES string of the molecule is CCc1nnc(N2CCNC(=O)C2C)c(C#N)c1CC. The van der Waals surface area contributed by atoms with E-state index in [1.165, 1.54) is 0 Å². The van der Waals surface area contributed by atoms with Crippen molar-refractivity contribution < 1.29 is 4.79 Å². The molecule has 1 aromatic heterocycles. The number of carbonyl (C=O) groups excluding carboxylic acids is 1. The summed E-state index contributed by atoms with van der Waals surface area (Å²) in [5.41, 5.74) is 2.36. The summed E-state index contributed by atoms with van der Waals surface area (Å²) in [4.78, 5) is 13.6. The van der Waals surface area contributed by atoms with Gasteiger partial charge in [0.25, 0.3) is 0 Å². The van der Waals surface area contributed by atoms with E-state index in [2.05, 4.69) is 21.6 Å². The average Bonchev–Trinajstić information content (AvgIpc) is 2.48. The van der Waals surface area contributed by atoms with E-state index in [4.69, 9.17) is 0 Å². The Balaban J connectivity index is 2.52. The molecular formula is C14H19N5O. The largest absolute Gasteiger partial charge is 0.353 e. The van der Waals surface area contributed by atoms with Gasteiger partial charge in [0, 0.05) is 13.1 Å². The number of aryl methyl sites for hydroxylation is 1. The van der Waals surface area contributed by atoms with Gasteiger partial charge in [0.2, 0.25) is 5.91 Å². The summed E-state index contributed by atoms with van der Waals surface area (Å²) in [6.45, 7) is 7.03. The monoisotopic (exact) mass is 273 g/mol. The summed E-state index contributed by atoms with van der Waals surface area (Å²) in [7, 11) is 0. The van der Waals surface area contributed by atoms with Gasteiger partial charge >= 0.3 is 0 Å².